The first-order valence-electron chi connectivity index (χ1n) is 8.83. The van der Waals surface area contributed by atoms with Crippen LogP contribution in [0, 0.1) is 5.92 Å². The summed E-state index contributed by atoms with van der Waals surface area (Å²) >= 11 is 0. The largest absolute Gasteiger partial charge is 0.343 e. The van der Waals surface area contributed by atoms with Gasteiger partial charge in [0.25, 0.3) is 0 Å². The number of carbonyl (C=O) groups is 3. The summed E-state index contributed by atoms with van der Waals surface area (Å²) in [6.45, 7) is 8.60. The van der Waals surface area contributed by atoms with Crippen LogP contribution in [-0.4, -0.2) is 71.8 Å². The van der Waals surface area contributed by atoms with Crippen molar-refractivity contribution in [1.82, 2.24) is 20.4 Å². The molecule has 0 saturated carbocycles. The van der Waals surface area contributed by atoms with Gasteiger partial charge in [0.2, 0.25) is 17.7 Å². The molecule has 0 aromatic rings. The van der Waals surface area contributed by atoms with E-state index in [4.69, 9.17) is 0 Å². The van der Waals surface area contributed by atoms with Crippen LogP contribution < -0.4 is 10.6 Å². The van der Waals surface area contributed by atoms with Crippen molar-refractivity contribution in [3.8, 4) is 0 Å². The first-order valence-corrected chi connectivity index (χ1v) is 8.83. The minimum atomic E-state index is -0.529. The van der Waals surface area contributed by atoms with Crippen LogP contribution in [0.3, 0.4) is 0 Å². The second-order valence-corrected chi connectivity index (χ2v) is 7.20. The number of rotatable bonds is 5. The second kappa shape index (κ2) is 7.51. The maximum Gasteiger partial charge on any atom is 0.245 e. The third kappa shape index (κ3) is 3.55. The Hall–Kier alpha value is -1.63. The standard InChI is InChI=1S/C17H30N4O3/c1-10(2)15(19-16(23)11(3)18-5)17(24)21-9-7-13-14(21)6-8-20(13)12(4)22/h10-11,13-15,18H,6-9H2,1-5H3,(H,19,23)/t11-,13?,14?,15?/m0/s1. The Bertz CT molecular complexity index is 508. The minimum absolute atomic E-state index is 0.00914. The van der Waals surface area contributed by atoms with Gasteiger partial charge in [-0.25, -0.2) is 0 Å². The molecule has 7 nitrogen and oxygen atoms in total. The number of hydrogen-bond acceptors (Lipinski definition) is 4. The molecule has 0 aliphatic carbocycles. The second-order valence-electron chi connectivity index (χ2n) is 7.20. The van der Waals surface area contributed by atoms with E-state index in [9.17, 15) is 14.4 Å². The summed E-state index contributed by atoms with van der Waals surface area (Å²) in [6, 6.07) is -0.657. The highest BCUT2D eigenvalue weighted by Crippen LogP contribution is 2.32. The van der Waals surface area contributed by atoms with Gasteiger partial charge in [0.1, 0.15) is 6.04 Å². The van der Waals surface area contributed by atoms with Gasteiger partial charge < -0.3 is 20.4 Å². The smallest absolute Gasteiger partial charge is 0.245 e. The number of carbonyl (C=O) groups excluding carboxylic acids is 3. The fourth-order valence-electron chi connectivity index (χ4n) is 3.75. The van der Waals surface area contributed by atoms with E-state index in [0.29, 0.717) is 13.1 Å². The van der Waals surface area contributed by atoms with Crippen LogP contribution in [0.4, 0.5) is 0 Å². The van der Waals surface area contributed by atoms with Crippen molar-refractivity contribution in [1.29, 1.82) is 0 Å². The molecule has 2 aliphatic rings. The van der Waals surface area contributed by atoms with Crippen LogP contribution in [-0.2, 0) is 14.4 Å². The van der Waals surface area contributed by atoms with E-state index in [1.54, 1.807) is 20.9 Å². The van der Waals surface area contributed by atoms with Crippen LogP contribution in [0.15, 0.2) is 0 Å². The Balaban J connectivity index is 2.08. The number of nitrogens with one attached hydrogen (secondary N) is 2. The average molecular weight is 338 g/mol. The highest BCUT2D eigenvalue weighted by atomic mass is 16.2. The third-order valence-electron chi connectivity index (χ3n) is 5.32. The lowest BCUT2D eigenvalue weighted by molar-refractivity contribution is -0.139. The van der Waals surface area contributed by atoms with Crippen molar-refractivity contribution in [2.24, 2.45) is 5.92 Å². The van der Waals surface area contributed by atoms with Crippen LogP contribution >= 0.6 is 0 Å². The first-order chi connectivity index (χ1) is 11.3. The molecule has 136 valence electrons. The van der Waals surface area contributed by atoms with Crippen molar-refractivity contribution in [2.45, 2.75) is 64.7 Å². The van der Waals surface area contributed by atoms with Crippen LogP contribution in [0.2, 0.25) is 0 Å². The molecule has 2 rings (SSSR count). The van der Waals surface area contributed by atoms with Crippen molar-refractivity contribution < 1.29 is 14.4 Å². The quantitative estimate of drug-likeness (QED) is 0.737. The zero-order valence-corrected chi connectivity index (χ0v) is 15.3. The van der Waals surface area contributed by atoms with Gasteiger partial charge in [0.05, 0.1) is 18.1 Å². The van der Waals surface area contributed by atoms with E-state index in [0.717, 1.165) is 12.8 Å². The van der Waals surface area contributed by atoms with Gasteiger partial charge in [-0.2, -0.15) is 0 Å². The summed E-state index contributed by atoms with van der Waals surface area (Å²) in [5, 5.41) is 5.78. The Morgan fingerprint density at radius 2 is 1.54 bits per heavy atom. The van der Waals surface area contributed by atoms with E-state index in [1.165, 1.54) is 0 Å². The molecule has 0 aromatic carbocycles. The van der Waals surface area contributed by atoms with E-state index in [1.807, 2.05) is 23.6 Å². The van der Waals surface area contributed by atoms with Gasteiger partial charge >= 0.3 is 0 Å². The lowest BCUT2D eigenvalue weighted by atomic mass is 10.0. The van der Waals surface area contributed by atoms with Crippen molar-refractivity contribution in [2.75, 3.05) is 20.1 Å². The normalized spacial score (nSPS) is 25.6. The Labute approximate surface area is 144 Å². The molecular formula is C17H30N4O3. The fraction of sp³-hybridized carbons (Fsp3) is 0.824. The Kier molecular flexibility index (Phi) is 5.85. The third-order valence-corrected chi connectivity index (χ3v) is 5.32. The molecule has 2 fully saturated rings. The molecule has 2 saturated heterocycles. The minimum Gasteiger partial charge on any atom is -0.343 e. The van der Waals surface area contributed by atoms with E-state index >= 15 is 0 Å². The number of fused-ring (bicyclic) bond motifs is 1. The highest BCUT2D eigenvalue weighted by Gasteiger charge is 2.46. The molecule has 24 heavy (non-hydrogen) atoms. The molecule has 2 aliphatic heterocycles. The Morgan fingerprint density at radius 3 is 2.04 bits per heavy atom. The maximum atomic E-state index is 13.0. The van der Waals surface area contributed by atoms with Crippen molar-refractivity contribution in [3.63, 3.8) is 0 Å². The number of likely N-dealkylation sites (tertiary alicyclic amines) is 2. The molecule has 0 aromatic heterocycles. The van der Waals surface area contributed by atoms with Gasteiger partial charge in [-0.1, -0.05) is 13.8 Å². The molecule has 3 amide bonds. The molecule has 0 spiro atoms. The average Bonchev–Trinajstić information content (AvgIpc) is 3.11. The predicted molar refractivity (Wildman–Crippen MR) is 91.2 cm³/mol. The molecule has 2 N–H and O–H groups in total. The summed E-state index contributed by atoms with van der Waals surface area (Å²) in [6.07, 6.45) is 1.64. The molecule has 0 radical (unpaired) electrons. The van der Waals surface area contributed by atoms with Gasteiger partial charge in [-0.15, -0.1) is 0 Å². The summed E-state index contributed by atoms with van der Waals surface area (Å²) in [4.78, 5) is 40.7. The zero-order chi connectivity index (χ0) is 18.0. The first kappa shape index (κ1) is 18.7. The monoisotopic (exact) mass is 338 g/mol. The molecular weight excluding hydrogens is 308 g/mol. The molecule has 4 atom stereocenters. The topological polar surface area (TPSA) is 81.8 Å². The summed E-state index contributed by atoms with van der Waals surface area (Å²) in [7, 11) is 1.72. The summed E-state index contributed by atoms with van der Waals surface area (Å²) < 4.78 is 0. The van der Waals surface area contributed by atoms with Crippen LogP contribution in [0.25, 0.3) is 0 Å². The van der Waals surface area contributed by atoms with Crippen LogP contribution in [0.1, 0.15) is 40.5 Å². The zero-order valence-electron chi connectivity index (χ0n) is 15.3. The van der Waals surface area contributed by atoms with Gasteiger partial charge in [-0.3, -0.25) is 14.4 Å². The molecule has 0 bridgehead atoms. The molecule has 7 heteroatoms. The number of likely N-dealkylation sites (N-methyl/N-ethyl adjacent to an activating group) is 1. The summed E-state index contributed by atoms with van der Waals surface area (Å²) in [5.41, 5.74) is 0. The summed E-state index contributed by atoms with van der Waals surface area (Å²) in [5.74, 6) is -0.111. The fourth-order valence-corrected chi connectivity index (χ4v) is 3.75. The Morgan fingerprint density at radius 1 is 1.00 bits per heavy atom. The van der Waals surface area contributed by atoms with Gasteiger partial charge in [0, 0.05) is 20.0 Å². The van der Waals surface area contributed by atoms with E-state index in [-0.39, 0.29) is 41.8 Å². The maximum absolute atomic E-state index is 13.0. The highest BCUT2D eigenvalue weighted by molar-refractivity contribution is 5.90. The van der Waals surface area contributed by atoms with Gasteiger partial charge in [-0.05, 0) is 32.7 Å². The number of amides is 3. The lowest BCUT2D eigenvalue weighted by Gasteiger charge is -2.31. The van der Waals surface area contributed by atoms with Gasteiger partial charge in [0.15, 0.2) is 0 Å². The predicted octanol–water partition coefficient (Wildman–Crippen LogP) is -0.0432. The van der Waals surface area contributed by atoms with E-state index < -0.39 is 6.04 Å². The van der Waals surface area contributed by atoms with Crippen molar-refractivity contribution in [3.05, 3.63) is 0 Å². The van der Waals surface area contributed by atoms with E-state index in [2.05, 4.69) is 10.6 Å². The lowest BCUT2D eigenvalue weighted by Crippen LogP contribution is -2.55. The number of hydrogen-bond donors (Lipinski definition) is 2. The van der Waals surface area contributed by atoms with Crippen molar-refractivity contribution >= 4 is 17.7 Å². The van der Waals surface area contributed by atoms with Crippen LogP contribution in [0.5, 0.6) is 0 Å². The SMILES string of the molecule is CN[C@@H](C)C(=O)NC(C(=O)N1CCC2C1CCN2C(C)=O)C(C)C. The number of nitrogens with zero attached hydrogens (tertiary/aromatic N) is 2. The molecule has 2 heterocycles. The molecule has 3 unspecified atom stereocenters.